The lowest BCUT2D eigenvalue weighted by Gasteiger charge is -1.83. The minimum atomic E-state index is -0.423. The van der Waals surface area contributed by atoms with Gasteiger partial charge in [-0.05, 0) is 22.9 Å². The Kier molecular flexibility index (Phi) is 5.56. The molecule has 1 aromatic heterocycles. The van der Waals surface area contributed by atoms with E-state index in [-0.39, 0.29) is 0 Å². The van der Waals surface area contributed by atoms with Crippen LogP contribution in [0.4, 0.5) is 4.39 Å². The largest absolute Gasteiger partial charge is 0.228 e. The molecule has 0 radical (unpaired) electrons. The van der Waals surface area contributed by atoms with Crippen LogP contribution in [0.15, 0.2) is 29.8 Å². The molecule has 1 heterocycles. The predicted octanol–water partition coefficient (Wildman–Crippen LogP) is 2.57. The van der Waals surface area contributed by atoms with Crippen molar-refractivity contribution in [3.8, 4) is 0 Å². The van der Waals surface area contributed by atoms with Crippen LogP contribution < -0.4 is 0 Å². The normalized spacial score (nSPS) is 7.91. The molecule has 0 amide bonds. The number of halogens is 2. The van der Waals surface area contributed by atoms with E-state index in [1.165, 1.54) is 0 Å². The minimum Gasteiger partial charge on any atom is -0.228 e. The molecule has 60 valence electrons. The molecule has 0 aromatic carbocycles. The summed E-state index contributed by atoms with van der Waals surface area (Å²) in [6.45, 7) is 5.25. The van der Waals surface area contributed by atoms with Crippen LogP contribution in [0.3, 0.4) is 0 Å². The highest BCUT2D eigenvalue weighted by Gasteiger charge is 1.87. The molecular weight excluding hydrogens is 211 g/mol. The van der Waals surface area contributed by atoms with Gasteiger partial charge in [-0.1, -0.05) is 6.08 Å². The Bertz CT molecular complexity index is 189. The SMILES string of the molecule is C=CC.Fc1cnc(Br)nc1. The third-order valence-electron chi connectivity index (χ3n) is 0.589. The molecule has 4 heteroatoms. The second kappa shape index (κ2) is 5.97. The van der Waals surface area contributed by atoms with Gasteiger partial charge in [0.15, 0.2) is 10.6 Å². The maximum absolute atomic E-state index is 11.9. The van der Waals surface area contributed by atoms with Crippen molar-refractivity contribution in [3.05, 3.63) is 35.6 Å². The van der Waals surface area contributed by atoms with E-state index in [0.717, 1.165) is 12.4 Å². The quantitative estimate of drug-likeness (QED) is 0.495. The Morgan fingerprint density at radius 2 is 1.91 bits per heavy atom. The summed E-state index contributed by atoms with van der Waals surface area (Å²) >= 11 is 2.96. The molecule has 0 atom stereocenters. The fraction of sp³-hybridized carbons (Fsp3) is 0.143. The molecule has 0 fully saturated rings. The standard InChI is InChI=1S/C4H2BrFN2.C3H6/c5-4-7-1-3(6)2-8-4;1-3-2/h1-2H;3H,1H2,2H3. The fourth-order valence-electron chi connectivity index (χ4n) is 0.297. The zero-order valence-corrected chi connectivity index (χ0v) is 7.68. The third-order valence-corrected chi connectivity index (χ3v) is 0.998. The molecule has 0 saturated heterocycles. The molecule has 0 unspecified atom stereocenters. The molecule has 2 nitrogen and oxygen atoms in total. The van der Waals surface area contributed by atoms with Crippen LogP contribution in [-0.2, 0) is 0 Å². The monoisotopic (exact) mass is 218 g/mol. The van der Waals surface area contributed by atoms with Gasteiger partial charge < -0.3 is 0 Å². The van der Waals surface area contributed by atoms with E-state index in [4.69, 9.17) is 0 Å². The van der Waals surface area contributed by atoms with Crippen molar-refractivity contribution in [3.63, 3.8) is 0 Å². The van der Waals surface area contributed by atoms with E-state index >= 15 is 0 Å². The summed E-state index contributed by atoms with van der Waals surface area (Å²) in [5.74, 6) is -0.423. The number of rotatable bonds is 0. The summed E-state index contributed by atoms with van der Waals surface area (Å²) < 4.78 is 12.3. The van der Waals surface area contributed by atoms with E-state index < -0.39 is 5.82 Å². The third kappa shape index (κ3) is 5.66. The van der Waals surface area contributed by atoms with E-state index in [9.17, 15) is 4.39 Å². The molecule has 0 aliphatic rings. The second-order valence-corrected chi connectivity index (χ2v) is 2.29. The Labute approximate surface area is 73.3 Å². The van der Waals surface area contributed by atoms with Crippen molar-refractivity contribution in [1.82, 2.24) is 9.97 Å². The van der Waals surface area contributed by atoms with E-state index in [1.807, 2.05) is 6.92 Å². The van der Waals surface area contributed by atoms with Gasteiger partial charge in [0.1, 0.15) is 0 Å². The number of aromatic nitrogens is 2. The van der Waals surface area contributed by atoms with Gasteiger partial charge in [0, 0.05) is 0 Å². The van der Waals surface area contributed by atoms with Gasteiger partial charge in [-0.3, -0.25) is 0 Å². The summed E-state index contributed by atoms with van der Waals surface area (Å²) in [7, 11) is 0. The van der Waals surface area contributed by atoms with Crippen molar-refractivity contribution in [2.24, 2.45) is 0 Å². The smallest absolute Gasteiger partial charge is 0.196 e. The Morgan fingerprint density at radius 1 is 1.55 bits per heavy atom. The lowest BCUT2D eigenvalue weighted by atomic mass is 10.7. The Hall–Kier alpha value is -0.770. The lowest BCUT2D eigenvalue weighted by molar-refractivity contribution is 0.611. The molecule has 0 saturated carbocycles. The maximum Gasteiger partial charge on any atom is 0.196 e. The molecule has 11 heavy (non-hydrogen) atoms. The van der Waals surface area contributed by atoms with Crippen molar-refractivity contribution in [2.45, 2.75) is 6.92 Å². The highest BCUT2D eigenvalue weighted by atomic mass is 79.9. The molecule has 0 spiro atoms. The molecule has 0 bridgehead atoms. The van der Waals surface area contributed by atoms with Crippen LogP contribution in [0.5, 0.6) is 0 Å². The second-order valence-electron chi connectivity index (χ2n) is 1.58. The summed E-state index contributed by atoms with van der Waals surface area (Å²) in [4.78, 5) is 7.02. The number of allylic oxidation sites excluding steroid dienone is 1. The van der Waals surface area contributed by atoms with Gasteiger partial charge in [0.25, 0.3) is 0 Å². The van der Waals surface area contributed by atoms with Gasteiger partial charge in [-0.15, -0.1) is 6.58 Å². The topological polar surface area (TPSA) is 25.8 Å². The maximum atomic E-state index is 11.9. The molecule has 0 N–H and O–H groups in total. The first-order valence-electron chi connectivity index (χ1n) is 2.90. The van der Waals surface area contributed by atoms with E-state index in [0.29, 0.717) is 4.73 Å². The number of nitrogens with zero attached hydrogens (tertiary/aromatic N) is 2. The zero-order chi connectivity index (χ0) is 8.69. The zero-order valence-electron chi connectivity index (χ0n) is 6.09. The van der Waals surface area contributed by atoms with Crippen molar-refractivity contribution < 1.29 is 4.39 Å². The van der Waals surface area contributed by atoms with Gasteiger partial charge in [-0.25, -0.2) is 14.4 Å². The molecule has 1 aromatic rings. The van der Waals surface area contributed by atoms with Crippen LogP contribution in [-0.4, -0.2) is 9.97 Å². The first kappa shape index (κ1) is 10.2. The van der Waals surface area contributed by atoms with Gasteiger partial charge in [0.05, 0.1) is 12.4 Å². The van der Waals surface area contributed by atoms with Gasteiger partial charge in [0.2, 0.25) is 0 Å². The van der Waals surface area contributed by atoms with Crippen LogP contribution >= 0.6 is 15.9 Å². The highest BCUT2D eigenvalue weighted by Crippen LogP contribution is 1.98. The molecular formula is C7H8BrFN2. The Balaban J connectivity index is 0.000000292. The van der Waals surface area contributed by atoms with E-state index in [2.05, 4.69) is 32.5 Å². The van der Waals surface area contributed by atoms with Crippen LogP contribution in [0, 0.1) is 5.82 Å². The van der Waals surface area contributed by atoms with Gasteiger partial charge in [-0.2, -0.15) is 0 Å². The molecule has 0 aliphatic carbocycles. The Morgan fingerprint density at radius 3 is 2.18 bits per heavy atom. The summed E-state index contributed by atoms with van der Waals surface area (Å²) in [6.07, 6.45) is 3.94. The van der Waals surface area contributed by atoms with Crippen molar-refractivity contribution >= 4 is 15.9 Å². The summed E-state index contributed by atoms with van der Waals surface area (Å²) in [5.41, 5.74) is 0. The lowest BCUT2D eigenvalue weighted by Crippen LogP contribution is -1.81. The predicted molar refractivity (Wildman–Crippen MR) is 45.6 cm³/mol. The summed E-state index contributed by atoms with van der Waals surface area (Å²) in [5, 5.41) is 0. The fourth-order valence-corrected chi connectivity index (χ4v) is 0.501. The highest BCUT2D eigenvalue weighted by molar-refractivity contribution is 9.10. The molecule has 1 rings (SSSR count). The van der Waals surface area contributed by atoms with Crippen LogP contribution in [0.2, 0.25) is 0 Å². The number of hydrogen-bond acceptors (Lipinski definition) is 2. The van der Waals surface area contributed by atoms with Crippen molar-refractivity contribution in [1.29, 1.82) is 0 Å². The van der Waals surface area contributed by atoms with Gasteiger partial charge >= 0.3 is 0 Å². The summed E-state index contributed by atoms with van der Waals surface area (Å²) in [6, 6.07) is 0. The number of hydrogen-bond donors (Lipinski definition) is 0. The van der Waals surface area contributed by atoms with Crippen LogP contribution in [0.1, 0.15) is 6.92 Å². The molecule has 0 aliphatic heterocycles. The average Bonchev–Trinajstić information content (AvgIpc) is 1.97. The van der Waals surface area contributed by atoms with Crippen molar-refractivity contribution in [2.75, 3.05) is 0 Å². The van der Waals surface area contributed by atoms with Crippen LogP contribution in [0.25, 0.3) is 0 Å². The first-order valence-corrected chi connectivity index (χ1v) is 3.70. The van der Waals surface area contributed by atoms with E-state index in [1.54, 1.807) is 6.08 Å². The average molecular weight is 219 g/mol. The minimum absolute atomic E-state index is 0.402. The first-order chi connectivity index (χ1) is 5.20.